The third-order valence-electron chi connectivity index (χ3n) is 5.12. The number of likely N-dealkylation sites (N-methyl/N-ethyl adjacent to an activating group) is 1. The van der Waals surface area contributed by atoms with Crippen LogP contribution in [0.15, 0.2) is 39.6 Å². The minimum Gasteiger partial charge on any atom is -0.489 e. The van der Waals surface area contributed by atoms with Gasteiger partial charge >= 0.3 is 0 Å². The molecule has 2 N–H and O–H groups in total. The van der Waals surface area contributed by atoms with Gasteiger partial charge in [0.2, 0.25) is 0 Å². The Bertz CT molecular complexity index is 810. The van der Waals surface area contributed by atoms with Gasteiger partial charge in [0.25, 0.3) is 5.91 Å². The van der Waals surface area contributed by atoms with Crippen molar-refractivity contribution in [3.63, 3.8) is 0 Å². The van der Waals surface area contributed by atoms with Crippen LogP contribution in [0.2, 0.25) is 0 Å². The lowest BCUT2D eigenvalue weighted by molar-refractivity contribution is -0.114. The number of anilines is 2. The number of benzene rings is 1. The Kier molecular flexibility index (Phi) is 5.29. The number of allylic oxidation sites excluding steroid dienone is 2. The van der Waals surface area contributed by atoms with Crippen molar-refractivity contribution in [2.75, 3.05) is 50.6 Å². The highest BCUT2D eigenvalue weighted by atomic mass is 127. The van der Waals surface area contributed by atoms with E-state index in [0.29, 0.717) is 23.9 Å². The first-order valence-electron chi connectivity index (χ1n) is 8.95. The first-order chi connectivity index (χ1) is 13.1. The van der Waals surface area contributed by atoms with E-state index < -0.39 is 6.23 Å². The maximum atomic E-state index is 12.8. The molecule has 1 amide bonds. The molecule has 4 rings (SSSR count). The Morgan fingerprint density at radius 1 is 1.41 bits per heavy atom. The Morgan fingerprint density at radius 2 is 2.26 bits per heavy atom. The second-order valence-corrected chi connectivity index (χ2v) is 8.10. The standard InChI is InChI=1S/C19H23IN4O3/c1-23-7-8-24-13(10-23)11-27-16-9-12(3-4-15(16)24)22-18(25)17-14(20)5-6-21-19(17)26-2/h3-6,9,13,19,21H,7-8,10-11H2,1-2H3,(H,22,25). The van der Waals surface area contributed by atoms with E-state index in [0.717, 1.165) is 34.7 Å². The smallest absolute Gasteiger partial charge is 0.257 e. The molecule has 3 aliphatic rings. The molecule has 0 spiro atoms. The monoisotopic (exact) mass is 482 g/mol. The second-order valence-electron chi connectivity index (χ2n) is 6.93. The summed E-state index contributed by atoms with van der Waals surface area (Å²) >= 11 is 2.15. The zero-order chi connectivity index (χ0) is 19.0. The summed E-state index contributed by atoms with van der Waals surface area (Å²) in [5.74, 6) is 0.638. The van der Waals surface area contributed by atoms with Crippen LogP contribution in [0.1, 0.15) is 0 Å². The number of nitrogens with zero attached hydrogens (tertiary/aromatic N) is 2. The first-order valence-corrected chi connectivity index (χ1v) is 10.0. The van der Waals surface area contributed by atoms with Crippen molar-refractivity contribution in [1.82, 2.24) is 10.2 Å². The summed E-state index contributed by atoms with van der Waals surface area (Å²) in [5, 5.41) is 6.01. The molecule has 7 nitrogen and oxygen atoms in total. The number of rotatable bonds is 3. The Labute approximate surface area is 172 Å². The van der Waals surface area contributed by atoms with Crippen LogP contribution in [0.4, 0.5) is 11.4 Å². The van der Waals surface area contributed by atoms with E-state index in [-0.39, 0.29) is 5.91 Å². The molecule has 0 bridgehead atoms. The number of carbonyl (C=O) groups excluding carboxylic acids is 1. The zero-order valence-corrected chi connectivity index (χ0v) is 17.5. The molecule has 0 aliphatic carbocycles. The minimum absolute atomic E-state index is 0.184. The summed E-state index contributed by atoms with van der Waals surface area (Å²) in [7, 11) is 3.72. The number of hydrogen-bond acceptors (Lipinski definition) is 6. The third kappa shape index (κ3) is 3.65. The fourth-order valence-electron chi connectivity index (χ4n) is 3.72. The maximum absolute atomic E-state index is 12.8. The number of hydrogen-bond donors (Lipinski definition) is 2. The molecular weight excluding hydrogens is 459 g/mol. The summed E-state index contributed by atoms with van der Waals surface area (Å²) in [6.45, 7) is 3.70. The molecule has 1 fully saturated rings. The number of halogens is 1. The largest absolute Gasteiger partial charge is 0.489 e. The van der Waals surface area contributed by atoms with Gasteiger partial charge in [0.15, 0.2) is 6.23 Å². The molecule has 1 saturated heterocycles. The van der Waals surface area contributed by atoms with Crippen molar-refractivity contribution in [2.24, 2.45) is 0 Å². The number of fused-ring (bicyclic) bond motifs is 3. The van der Waals surface area contributed by atoms with Crippen molar-refractivity contribution in [3.05, 3.63) is 39.6 Å². The molecule has 0 radical (unpaired) electrons. The number of nitrogens with one attached hydrogen (secondary N) is 2. The van der Waals surface area contributed by atoms with E-state index >= 15 is 0 Å². The predicted molar refractivity (Wildman–Crippen MR) is 113 cm³/mol. The molecule has 2 atom stereocenters. The molecule has 8 heteroatoms. The van der Waals surface area contributed by atoms with Gasteiger partial charge in [-0.1, -0.05) is 0 Å². The van der Waals surface area contributed by atoms with Gasteiger partial charge in [0, 0.05) is 42.1 Å². The van der Waals surface area contributed by atoms with Crippen molar-refractivity contribution < 1.29 is 14.3 Å². The van der Waals surface area contributed by atoms with E-state index in [4.69, 9.17) is 9.47 Å². The summed E-state index contributed by atoms with van der Waals surface area (Å²) in [6, 6.07) is 6.26. The van der Waals surface area contributed by atoms with E-state index in [2.05, 4.69) is 50.1 Å². The summed E-state index contributed by atoms with van der Waals surface area (Å²) in [6.07, 6.45) is 3.18. The molecule has 144 valence electrons. The Balaban J connectivity index is 1.53. The van der Waals surface area contributed by atoms with Gasteiger partial charge in [0.1, 0.15) is 12.4 Å². The van der Waals surface area contributed by atoms with Crippen LogP contribution in [-0.2, 0) is 9.53 Å². The predicted octanol–water partition coefficient (Wildman–Crippen LogP) is 1.92. The quantitative estimate of drug-likeness (QED) is 0.643. The van der Waals surface area contributed by atoms with Gasteiger partial charge in [-0.2, -0.15) is 0 Å². The normalized spacial score (nSPS) is 24.6. The van der Waals surface area contributed by atoms with E-state index in [1.165, 1.54) is 0 Å². The average Bonchev–Trinajstić information content (AvgIpc) is 2.67. The molecule has 2 unspecified atom stereocenters. The van der Waals surface area contributed by atoms with Gasteiger partial charge in [0.05, 0.1) is 17.3 Å². The molecule has 3 heterocycles. The van der Waals surface area contributed by atoms with E-state index in [1.807, 2.05) is 24.3 Å². The van der Waals surface area contributed by atoms with Crippen LogP contribution in [0.25, 0.3) is 0 Å². The van der Waals surface area contributed by atoms with E-state index in [1.54, 1.807) is 13.3 Å². The number of carbonyl (C=O) groups is 1. The van der Waals surface area contributed by atoms with Gasteiger partial charge < -0.3 is 29.9 Å². The third-order valence-corrected chi connectivity index (χ3v) is 6.06. The molecule has 3 aliphatic heterocycles. The maximum Gasteiger partial charge on any atom is 0.257 e. The zero-order valence-electron chi connectivity index (χ0n) is 15.4. The number of amides is 1. The van der Waals surface area contributed by atoms with Crippen molar-refractivity contribution in [1.29, 1.82) is 0 Å². The SMILES string of the molecule is COC1NC=CC(I)=C1C(=O)Nc1ccc2c(c1)OCC1CN(C)CCN21. The molecule has 1 aromatic carbocycles. The molecular formula is C19H23IN4O3. The number of ether oxygens (including phenoxy) is 2. The summed E-state index contributed by atoms with van der Waals surface area (Å²) in [4.78, 5) is 17.5. The first kappa shape index (κ1) is 18.6. The van der Waals surface area contributed by atoms with Crippen LogP contribution in [0.5, 0.6) is 5.75 Å². The summed E-state index contributed by atoms with van der Waals surface area (Å²) in [5.41, 5.74) is 2.38. The lowest BCUT2D eigenvalue weighted by Crippen LogP contribution is -2.56. The van der Waals surface area contributed by atoms with Gasteiger partial charge in [-0.05, 0) is 54.0 Å². The highest BCUT2D eigenvalue weighted by molar-refractivity contribution is 14.1. The van der Waals surface area contributed by atoms with Crippen molar-refractivity contribution in [3.8, 4) is 5.75 Å². The minimum atomic E-state index is -0.457. The van der Waals surface area contributed by atoms with Gasteiger partial charge in [-0.15, -0.1) is 0 Å². The second kappa shape index (κ2) is 7.69. The van der Waals surface area contributed by atoms with Crippen molar-refractivity contribution in [2.45, 2.75) is 12.3 Å². The Morgan fingerprint density at radius 3 is 3.07 bits per heavy atom. The fourth-order valence-corrected chi connectivity index (χ4v) is 4.43. The number of methoxy groups -OCH3 is 1. The van der Waals surface area contributed by atoms with Crippen LogP contribution >= 0.6 is 22.6 Å². The van der Waals surface area contributed by atoms with E-state index in [9.17, 15) is 4.79 Å². The van der Waals surface area contributed by atoms with Crippen LogP contribution in [-0.4, -0.2) is 63.5 Å². The average molecular weight is 482 g/mol. The molecule has 0 aromatic heterocycles. The van der Waals surface area contributed by atoms with Gasteiger partial charge in [-0.3, -0.25) is 4.79 Å². The highest BCUT2D eigenvalue weighted by Gasteiger charge is 2.32. The summed E-state index contributed by atoms with van der Waals surface area (Å²) < 4.78 is 12.2. The van der Waals surface area contributed by atoms with Crippen LogP contribution < -0.4 is 20.3 Å². The lowest BCUT2D eigenvalue weighted by Gasteiger charge is -2.44. The lowest BCUT2D eigenvalue weighted by atomic mass is 10.1. The van der Waals surface area contributed by atoms with Crippen molar-refractivity contribution >= 4 is 39.9 Å². The fraction of sp³-hybridized carbons (Fsp3) is 0.421. The number of piperazine rings is 1. The molecule has 1 aromatic rings. The highest BCUT2D eigenvalue weighted by Crippen LogP contribution is 2.37. The van der Waals surface area contributed by atoms with Crippen LogP contribution in [0.3, 0.4) is 0 Å². The molecule has 27 heavy (non-hydrogen) atoms. The van der Waals surface area contributed by atoms with Crippen LogP contribution in [0, 0.1) is 0 Å². The number of dihydropyridines is 1. The van der Waals surface area contributed by atoms with Gasteiger partial charge in [-0.25, -0.2) is 0 Å². The Hall–Kier alpha value is -1.78. The molecule has 0 saturated carbocycles. The topological polar surface area (TPSA) is 66.1 Å².